The molecule has 4 aliphatic rings. The third kappa shape index (κ3) is 9.51. The highest BCUT2D eigenvalue weighted by atomic mass is 32.2. The minimum Gasteiger partial charge on any atom is -0.332 e. The van der Waals surface area contributed by atoms with E-state index in [2.05, 4.69) is 13.8 Å². The standard InChI is InChI=1S/C40H65NO7S/c1-7-18-32(43)36(45)28-19-14-11-9-8-10-12-15-20-29(37(46)41-26-31-34(39(31,5)6)35(41)33(44)24-28)23-30(42)25-40(21-16-13-17-22-40)27-49(47,48)38(2,3)4/h28-29,31,34-35H,7-27H2,1-6H3/t28-,29-,31+,34+,35-/m1/s1. The number of ketones is 4. The molecule has 4 rings (SSSR count). The molecule has 1 amide bonds. The summed E-state index contributed by atoms with van der Waals surface area (Å²) in [5.41, 5.74) is -0.690. The molecule has 0 bridgehead atoms. The average Bonchev–Trinajstić information content (AvgIpc) is 3.32. The molecular formula is C40H65NO7S. The number of carbonyl (C=O) groups is 5. The minimum absolute atomic E-state index is 0.00432. The van der Waals surface area contributed by atoms with Gasteiger partial charge in [0.2, 0.25) is 11.7 Å². The molecule has 9 heteroatoms. The fourth-order valence-electron chi connectivity index (χ4n) is 9.42. The Balaban J connectivity index is 1.58. The first-order valence-corrected chi connectivity index (χ1v) is 21.2. The number of carbonyl (C=O) groups excluding carboxylic acids is 5. The zero-order valence-electron chi connectivity index (χ0n) is 31.4. The van der Waals surface area contributed by atoms with Gasteiger partial charge in [0.05, 0.1) is 16.5 Å². The van der Waals surface area contributed by atoms with Crippen LogP contribution in [0.4, 0.5) is 0 Å². The Hall–Kier alpha value is -1.90. The van der Waals surface area contributed by atoms with Gasteiger partial charge < -0.3 is 4.90 Å². The van der Waals surface area contributed by atoms with E-state index in [9.17, 15) is 32.4 Å². The number of hydrogen-bond donors (Lipinski definition) is 0. The van der Waals surface area contributed by atoms with Crippen molar-refractivity contribution in [3.63, 3.8) is 0 Å². The van der Waals surface area contributed by atoms with Crippen molar-refractivity contribution in [1.82, 2.24) is 4.90 Å². The van der Waals surface area contributed by atoms with Crippen LogP contribution in [0.1, 0.15) is 164 Å². The van der Waals surface area contributed by atoms with E-state index >= 15 is 0 Å². The first-order chi connectivity index (χ1) is 22.9. The smallest absolute Gasteiger partial charge is 0.226 e. The first kappa shape index (κ1) is 39.9. The average molecular weight is 704 g/mol. The van der Waals surface area contributed by atoms with Crippen molar-refractivity contribution in [2.45, 2.75) is 174 Å². The largest absolute Gasteiger partial charge is 0.332 e. The molecule has 0 N–H and O–H groups in total. The predicted molar refractivity (Wildman–Crippen MR) is 193 cm³/mol. The lowest BCUT2D eigenvalue weighted by Crippen LogP contribution is -2.49. The molecule has 4 fully saturated rings. The quantitative estimate of drug-likeness (QED) is 0.214. The number of amides is 1. The molecule has 2 aliphatic carbocycles. The second-order valence-electron chi connectivity index (χ2n) is 17.9. The molecule has 0 unspecified atom stereocenters. The molecule has 2 saturated carbocycles. The summed E-state index contributed by atoms with van der Waals surface area (Å²) in [4.78, 5) is 70.5. The topological polar surface area (TPSA) is 123 Å². The van der Waals surface area contributed by atoms with Crippen LogP contribution in [0.25, 0.3) is 0 Å². The van der Waals surface area contributed by atoms with E-state index in [1.807, 2.05) is 6.92 Å². The summed E-state index contributed by atoms with van der Waals surface area (Å²) < 4.78 is 25.9. The third-order valence-corrected chi connectivity index (χ3v) is 15.6. The van der Waals surface area contributed by atoms with Crippen LogP contribution in [0.2, 0.25) is 0 Å². The van der Waals surface area contributed by atoms with Crippen molar-refractivity contribution in [2.75, 3.05) is 12.3 Å². The van der Waals surface area contributed by atoms with Crippen molar-refractivity contribution >= 4 is 38.9 Å². The molecular weight excluding hydrogens is 639 g/mol. The molecule has 49 heavy (non-hydrogen) atoms. The van der Waals surface area contributed by atoms with Gasteiger partial charge in [-0.25, -0.2) is 8.42 Å². The van der Waals surface area contributed by atoms with Crippen molar-refractivity contribution in [3.8, 4) is 0 Å². The highest BCUT2D eigenvalue weighted by Gasteiger charge is 2.69. The van der Waals surface area contributed by atoms with E-state index in [4.69, 9.17) is 0 Å². The Morgan fingerprint density at radius 1 is 0.857 bits per heavy atom. The number of rotatable bonds is 10. The Morgan fingerprint density at radius 2 is 1.43 bits per heavy atom. The maximum Gasteiger partial charge on any atom is 0.226 e. The summed E-state index contributed by atoms with van der Waals surface area (Å²) in [6.45, 7) is 11.8. The number of hydrogen-bond acceptors (Lipinski definition) is 7. The lowest BCUT2D eigenvalue weighted by Gasteiger charge is -2.39. The second-order valence-corrected chi connectivity index (χ2v) is 20.6. The summed E-state index contributed by atoms with van der Waals surface area (Å²) >= 11 is 0. The van der Waals surface area contributed by atoms with Crippen molar-refractivity contribution in [2.24, 2.45) is 34.5 Å². The third-order valence-electron chi connectivity index (χ3n) is 12.7. The van der Waals surface area contributed by atoms with Gasteiger partial charge in [0.25, 0.3) is 0 Å². The molecule has 0 aromatic rings. The lowest BCUT2D eigenvalue weighted by molar-refractivity contribution is -0.145. The number of Topliss-reactive ketones (excluding diaryl/α,β-unsaturated/α-hetero) is 4. The summed E-state index contributed by atoms with van der Waals surface area (Å²) in [6.07, 6.45) is 13.0. The van der Waals surface area contributed by atoms with Crippen LogP contribution in [-0.2, 0) is 33.8 Å². The summed E-state index contributed by atoms with van der Waals surface area (Å²) in [6, 6.07) is -0.642. The molecule has 2 heterocycles. The summed E-state index contributed by atoms with van der Waals surface area (Å²) in [7, 11) is -3.44. The Kier molecular flexibility index (Phi) is 13.2. The van der Waals surface area contributed by atoms with E-state index < -0.39 is 49.4 Å². The van der Waals surface area contributed by atoms with Gasteiger partial charge in [0.15, 0.2) is 21.4 Å². The van der Waals surface area contributed by atoms with Crippen molar-refractivity contribution in [3.05, 3.63) is 0 Å². The Labute approximate surface area is 296 Å². The molecule has 5 atom stereocenters. The maximum absolute atomic E-state index is 14.5. The maximum atomic E-state index is 14.5. The first-order valence-electron chi connectivity index (χ1n) is 19.6. The summed E-state index contributed by atoms with van der Waals surface area (Å²) in [5, 5.41) is 0. The van der Waals surface area contributed by atoms with Gasteiger partial charge in [0.1, 0.15) is 5.78 Å². The molecule has 2 aliphatic heterocycles. The number of nitrogens with zero attached hydrogens (tertiary/aromatic N) is 1. The number of piperidine rings is 1. The van der Waals surface area contributed by atoms with Crippen LogP contribution in [0.3, 0.4) is 0 Å². The van der Waals surface area contributed by atoms with Gasteiger partial charge in [-0.05, 0) is 75.5 Å². The van der Waals surface area contributed by atoms with E-state index in [1.54, 1.807) is 25.7 Å². The second kappa shape index (κ2) is 16.2. The van der Waals surface area contributed by atoms with E-state index in [-0.39, 0.29) is 66.2 Å². The van der Waals surface area contributed by atoms with Crippen molar-refractivity contribution < 1.29 is 32.4 Å². The molecule has 0 aromatic carbocycles. The van der Waals surface area contributed by atoms with E-state index in [0.717, 1.165) is 64.2 Å². The molecule has 0 spiro atoms. The molecule has 278 valence electrons. The zero-order valence-corrected chi connectivity index (χ0v) is 32.3. The summed E-state index contributed by atoms with van der Waals surface area (Å²) in [5.74, 6) is -2.17. The number of sulfone groups is 1. The molecule has 8 nitrogen and oxygen atoms in total. The van der Waals surface area contributed by atoms with Gasteiger partial charge in [0, 0.05) is 44.1 Å². The molecule has 2 saturated heterocycles. The number of fused-ring (bicyclic) bond motifs is 3. The normalized spacial score (nSPS) is 29.9. The van der Waals surface area contributed by atoms with E-state index in [0.29, 0.717) is 38.6 Å². The van der Waals surface area contributed by atoms with Gasteiger partial charge in [-0.3, -0.25) is 24.0 Å². The van der Waals surface area contributed by atoms with Crippen LogP contribution < -0.4 is 0 Å². The highest BCUT2D eigenvalue weighted by Crippen LogP contribution is 2.65. The molecule has 0 aromatic heterocycles. The van der Waals surface area contributed by atoms with Gasteiger partial charge in [-0.1, -0.05) is 85.0 Å². The van der Waals surface area contributed by atoms with Gasteiger partial charge in [-0.2, -0.15) is 0 Å². The van der Waals surface area contributed by atoms with Crippen LogP contribution >= 0.6 is 0 Å². The van der Waals surface area contributed by atoms with Crippen LogP contribution in [-0.4, -0.2) is 65.4 Å². The van der Waals surface area contributed by atoms with Crippen LogP contribution in [0.5, 0.6) is 0 Å². The highest BCUT2D eigenvalue weighted by molar-refractivity contribution is 7.92. The fraction of sp³-hybridized carbons (Fsp3) is 0.875. The SMILES string of the molecule is CCCC(=O)C(=O)[C@@H]1CCCCCCCCC[C@H](CC(=O)CC2(CS(=O)(=O)C(C)(C)C)CCCCC2)C(=O)N2C[C@H]3[C@@H]([C@H]2C(=O)C1)C3(C)C. The predicted octanol–water partition coefficient (Wildman–Crippen LogP) is 7.64. The minimum atomic E-state index is -3.44. The van der Waals surface area contributed by atoms with Crippen LogP contribution in [0, 0.1) is 34.5 Å². The zero-order chi connectivity index (χ0) is 36.2. The van der Waals surface area contributed by atoms with Gasteiger partial charge >= 0.3 is 0 Å². The lowest BCUT2D eigenvalue weighted by atomic mass is 9.71. The molecule has 0 radical (unpaired) electrons. The van der Waals surface area contributed by atoms with Crippen LogP contribution in [0.15, 0.2) is 0 Å². The van der Waals surface area contributed by atoms with Crippen molar-refractivity contribution in [1.29, 1.82) is 0 Å². The van der Waals surface area contributed by atoms with E-state index in [1.165, 1.54) is 0 Å². The van der Waals surface area contributed by atoms with Gasteiger partial charge in [-0.15, -0.1) is 0 Å². The monoisotopic (exact) mass is 703 g/mol. The Morgan fingerprint density at radius 3 is 2.02 bits per heavy atom. The fourth-order valence-corrected chi connectivity index (χ4v) is 11.1. The Bertz CT molecular complexity index is 1340.